The van der Waals surface area contributed by atoms with Gasteiger partial charge in [0.15, 0.2) is 0 Å². The van der Waals surface area contributed by atoms with E-state index in [-0.39, 0.29) is 11.5 Å². The lowest BCUT2D eigenvalue weighted by Crippen LogP contribution is -2.46. The summed E-state index contributed by atoms with van der Waals surface area (Å²) in [6.45, 7) is 6.39. The first-order valence-electron chi connectivity index (χ1n) is 12.0. The predicted molar refractivity (Wildman–Crippen MR) is 143 cm³/mol. The molecular formula is C25H27ClN8O3S. The third kappa shape index (κ3) is 6.45. The lowest BCUT2D eigenvalue weighted by Gasteiger charge is -2.34. The van der Waals surface area contributed by atoms with Gasteiger partial charge in [0.1, 0.15) is 12.3 Å². The monoisotopic (exact) mass is 554 g/mol. The van der Waals surface area contributed by atoms with Crippen molar-refractivity contribution >= 4 is 27.6 Å². The SMILES string of the molecule is Cc1cc(OCc2cn(-c3ccc(S(N)(=O)=O)cc3)nn2)nc(N2CCN(Cc3ccc(Cl)cc3)CC2)n1. The number of benzene rings is 2. The molecule has 198 valence electrons. The van der Waals surface area contributed by atoms with Crippen molar-refractivity contribution in [2.45, 2.75) is 25.0 Å². The lowest BCUT2D eigenvalue weighted by atomic mass is 10.2. The molecule has 1 aliphatic rings. The van der Waals surface area contributed by atoms with Gasteiger partial charge in [0.2, 0.25) is 21.9 Å². The molecule has 5 rings (SSSR count). The molecule has 0 saturated carbocycles. The Bertz CT molecular complexity index is 1500. The highest BCUT2D eigenvalue weighted by atomic mass is 35.5. The van der Waals surface area contributed by atoms with Gasteiger partial charge in [0.25, 0.3) is 0 Å². The largest absolute Gasteiger partial charge is 0.471 e. The van der Waals surface area contributed by atoms with E-state index in [4.69, 9.17) is 21.5 Å². The summed E-state index contributed by atoms with van der Waals surface area (Å²) in [5, 5.41) is 14.1. The van der Waals surface area contributed by atoms with Crippen LogP contribution >= 0.6 is 11.6 Å². The minimum absolute atomic E-state index is 0.0304. The summed E-state index contributed by atoms with van der Waals surface area (Å²) in [5.41, 5.74) is 3.29. The second-order valence-electron chi connectivity index (χ2n) is 9.02. The number of sulfonamides is 1. The third-order valence-corrected chi connectivity index (χ3v) is 7.31. The molecule has 0 spiro atoms. The zero-order valence-electron chi connectivity index (χ0n) is 20.7. The van der Waals surface area contributed by atoms with Gasteiger partial charge >= 0.3 is 0 Å². The van der Waals surface area contributed by atoms with Crippen LogP contribution in [0.5, 0.6) is 5.88 Å². The standard InChI is InChI=1S/C25H27ClN8O3S/c1-18-14-24(37-17-21-16-34(31-30-21)22-6-8-23(9-7-22)38(27,35)36)29-25(28-18)33-12-10-32(11-13-33)15-19-2-4-20(26)5-3-19/h2-9,14,16H,10-13,15,17H2,1H3,(H2,27,35,36). The molecule has 1 saturated heterocycles. The summed E-state index contributed by atoms with van der Waals surface area (Å²) in [6.07, 6.45) is 1.71. The number of primary sulfonamides is 1. The van der Waals surface area contributed by atoms with Gasteiger partial charge in [-0.15, -0.1) is 5.10 Å². The number of piperazine rings is 1. The average Bonchev–Trinajstić information content (AvgIpc) is 3.38. The molecule has 0 atom stereocenters. The number of aryl methyl sites for hydroxylation is 1. The summed E-state index contributed by atoms with van der Waals surface area (Å²) < 4.78 is 30.4. The number of nitrogens with zero attached hydrogens (tertiary/aromatic N) is 7. The Hall–Kier alpha value is -3.58. The highest BCUT2D eigenvalue weighted by Gasteiger charge is 2.20. The van der Waals surface area contributed by atoms with E-state index < -0.39 is 10.0 Å². The first kappa shape index (κ1) is 26.0. The van der Waals surface area contributed by atoms with Crippen molar-refractivity contribution in [3.8, 4) is 11.6 Å². The molecule has 1 aliphatic heterocycles. The molecule has 1 fully saturated rings. The smallest absolute Gasteiger partial charge is 0.238 e. The van der Waals surface area contributed by atoms with Gasteiger partial charge in [-0.3, -0.25) is 4.90 Å². The van der Waals surface area contributed by atoms with Gasteiger partial charge in [0, 0.05) is 49.5 Å². The Morgan fingerprint density at radius 3 is 2.39 bits per heavy atom. The fraction of sp³-hybridized carbons (Fsp3) is 0.280. The molecule has 2 aromatic heterocycles. The zero-order valence-corrected chi connectivity index (χ0v) is 22.3. The molecular weight excluding hydrogens is 528 g/mol. The maximum absolute atomic E-state index is 11.5. The fourth-order valence-electron chi connectivity index (χ4n) is 4.12. The summed E-state index contributed by atoms with van der Waals surface area (Å²) in [5.74, 6) is 1.10. The van der Waals surface area contributed by atoms with Gasteiger partial charge in [-0.1, -0.05) is 28.9 Å². The number of anilines is 1. The normalized spacial score (nSPS) is 14.6. The van der Waals surface area contributed by atoms with Crippen molar-refractivity contribution in [1.29, 1.82) is 0 Å². The van der Waals surface area contributed by atoms with Crippen LogP contribution in [0.2, 0.25) is 5.02 Å². The lowest BCUT2D eigenvalue weighted by molar-refractivity contribution is 0.247. The van der Waals surface area contributed by atoms with E-state index in [1.807, 2.05) is 19.1 Å². The van der Waals surface area contributed by atoms with Gasteiger partial charge in [-0.2, -0.15) is 4.98 Å². The Balaban J connectivity index is 1.18. The highest BCUT2D eigenvalue weighted by molar-refractivity contribution is 7.89. The quantitative estimate of drug-likeness (QED) is 0.349. The minimum Gasteiger partial charge on any atom is -0.471 e. The first-order chi connectivity index (χ1) is 18.2. The molecule has 3 heterocycles. The zero-order chi connectivity index (χ0) is 26.7. The molecule has 2 aromatic carbocycles. The van der Waals surface area contributed by atoms with E-state index in [0.29, 0.717) is 23.2 Å². The van der Waals surface area contributed by atoms with Crippen molar-refractivity contribution in [2.24, 2.45) is 5.14 Å². The number of halogens is 1. The van der Waals surface area contributed by atoms with Gasteiger partial charge in [-0.25, -0.2) is 23.2 Å². The third-order valence-electron chi connectivity index (χ3n) is 6.13. The summed E-state index contributed by atoms with van der Waals surface area (Å²) in [6, 6.07) is 15.8. The van der Waals surface area contributed by atoms with Crippen LogP contribution in [0.15, 0.2) is 65.7 Å². The van der Waals surface area contributed by atoms with E-state index in [1.54, 1.807) is 24.4 Å². The molecule has 0 radical (unpaired) electrons. The Morgan fingerprint density at radius 1 is 1.00 bits per heavy atom. The number of nitrogens with two attached hydrogens (primary N) is 1. The van der Waals surface area contributed by atoms with Crippen molar-refractivity contribution in [2.75, 3.05) is 31.1 Å². The maximum Gasteiger partial charge on any atom is 0.238 e. The first-order valence-corrected chi connectivity index (χ1v) is 13.9. The van der Waals surface area contributed by atoms with Crippen LogP contribution in [-0.2, 0) is 23.2 Å². The summed E-state index contributed by atoms with van der Waals surface area (Å²) in [4.78, 5) is 13.8. The van der Waals surface area contributed by atoms with Crippen molar-refractivity contribution < 1.29 is 13.2 Å². The van der Waals surface area contributed by atoms with E-state index in [2.05, 4.69) is 42.2 Å². The fourth-order valence-corrected chi connectivity index (χ4v) is 4.76. The van der Waals surface area contributed by atoms with E-state index >= 15 is 0 Å². The molecule has 11 nitrogen and oxygen atoms in total. The molecule has 0 aliphatic carbocycles. The summed E-state index contributed by atoms with van der Waals surface area (Å²) in [7, 11) is -3.76. The van der Waals surface area contributed by atoms with Gasteiger partial charge in [0.05, 0.1) is 16.8 Å². The van der Waals surface area contributed by atoms with E-state index in [1.165, 1.54) is 22.4 Å². The second kappa shape index (κ2) is 11.0. The molecule has 2 N–H and O–H groups in total. The number of hydrogen-bond donors (Lipinski definition) is 1. The van der Waals surface area contributed by atoms with Crippen molar-refractivity contribution in [3.63, 3.8) is 0 Å². The maximum atomic E-state index is 11.5. The van der Waals surface area contributed by atoms with Crippen LogP contribution in [0.25, 0.3) is 5.69 Å². The highest BCUT2D eigenvalue weighted by Crippen LogP contribution is 2.20. The van der Waals surface area contributed by atoms with E-state index in [9.17, 15) is 8.42 Å². The van der Waals surface area contributed by atoms with Crippen LogP contribution in [0.4, 0.5) is 5.95 Å². The molecule has 13 heteroatoms. The second-order valence-corrected chi connectivity index (χ2v) is 11.0. The topological polar surface area (TPSA) is 132 Å². The van der Waals surface area contributed by atoms with Gasteiger partial charge < -0.3 is 9.64 Å². The molecule has 0 amide bonds. The van der Waals surface area contributed by atoms with Crippen LogP contribution in [-0.4, -0.2) is 64.5 Å². The van der Waals surface area contributed by atoms with Gasteiger partial charge in [-0.05, 0) is 48.9 Å². The number of aromatic nitrogens is 5. The van der Waals surface area contributed by atoms with Crippen LogP contribution in [0.3, 0.4) is 0 Å². The van der Waals surface area contributed by atoms with Crippen molar-refractivity contribution in [3.05, 3.63) is 82.8 Å². The molecule has 0 unspecified atom stereocenters. The summed E-state index contributed by atoms with van der Waals surface area (Å²) >= 11 is 6.00. The van der Waals surface area contributed by atoms with E-state index in [0.717, 1.165) is 43.4 Å². The molecule has 38 heavy (non-hydrogen) atoms. The van der Waals surface area contributed by atoms with Crippen molar-refractivity contribution in [1.82, 2.24) is 29.9 Å². The number of rotatable bonds is 8. The van der Waals surface area contributed by atoms with Crippen LogP contribution in [0, 0.1) is 6.92 Å². The predicted octanol–water partition coefficient (Wildman–Crippen LogP) is 2.57. The van der Waals surface area contributed by atoms with Crippen LogP contribution < -0.4 is 14.8 Å². The number of ether oxygens (including phenoxy) is 1. The Morgan fingerprint density at radius 2 is 1.71 bits per heavy atom. The Labute approximate surface area is 225 Å². The minimum atomic E-state index is -3.76. The molecule has 4 aromatic rings. The Kier molecular flexibility index (Phi) is 7.56. The number of hydrogen-bond acceptors (Lipinski definition) is 9. The average molecular weight is 555 g/mol. The molecule has 0 bridgehead atoms. The van der Waals surface area contributed by atoms with Crippen LogP contribution in [0.1, 0.15) is 17.0 Å².